The minimum absolute atomic E-state index is 0.0616. The van der Waals surface area contributed by atoms with E-state index in [-0.39, 0.29) is 23.8 Å². The number of amides is 2. The number of unbranched alkanes of at least 4 members (excludes halogenated alkanes) is 1. The molecule has 0 radical (unpaired) electrons. The summed E-state index contributed by atoms with van der Waals surface area (Å²) in [4.78, 5) is 28.7. The quantitative estimate of drug-likeness (QED) is 0.123. The number of hydrogen-bond donors (Lipinski definition) is 4. The fourth-order valence-corrected chi connectivity index (χ4v) is 4.69. The maximum absolute atomic E-state index is 12.8. The SMILES string of the molecule is CC#CCOc1ccc(S(=O)(=O)NC(CCCCNC(=O)c2cnc3ccccc3c2)C(=O)NO)cc1. The topological polar surface area (TPSA) is 147 Å². The Morgan fingerprint density at radius 3 is 2.59 bits per heavy atom. The number of nitrogens with zero attached hydrogens (tertiary/aromatic N) is 1. The number of sulfonamides is 1. The van der Waals surface area contributed by atoms with E-state index in [4.69, 9.17) is 9.94 Å². The lowest BCUT2D eigenvalue weighted by atomic mass is 10.1. The van der Waals surface area contributed by atoms with E-state index in [0.29, 0.717) is 30.7 Å². The molecule has 0 bridgehead atoms. The Morgan fingerprint density at radius 2 is 1.86 bits per heavy atom. The first-order chi connectivity index (χ1) is 17.8. The van der Waals surface area contributed by atoms with Crippen LogP contribution in [0.3, 0.4) is 0 Å². The molecular weight excluding hydrogens is 496 g/mol. The Bertz CT molecular complexity index is 1400. The summed E-state index contributed by atoms with van der Waals surface area (Å²) in [6.07, 6.45) is 2.50. The number of nitrogens with one attached hydrogen (secondary N) is 3. The molecule has 194 valence electrons. The van der Waals surface area contributed by atoms with Crippen molar-refractivity contribution in [2.24, 2.45) is 0 Å². The normalized spacial score (nSPS) is 11.7. The van der Waals surface area contributed by atoms with Crippen LogP contribution in [0.25, 0.3) is 10.9 Å². The van der Waals surface area contributed by atoms with Crippen LogP contribution in [0.1, 0.15) is 36.5 Å². The summed E-state index contributed by atoms with van der Waals surface area (Å²) in [5.41, 5.74) is 2.72. The highest BCUT2D eigenvalue weighted by Gasteiger charge is 2.25. The Hall–Kier alpha value is -3.98. The molecule has 3 rings (SSSR count). The highest BCUT2D eigenvalue weighted by atomic mass is 32.2. The van der Waals surface area contributed by atoms with Crippen LogP contribution in [0.15, 0.2) is 65.7 Å². The van der Waals surface area contributed by atoms with Crippen molar-refractivity contribution in [3.05, 3.63) is 66.4 Å². The number of aromatic nitrogens is 1. The zero-order chi connectivity index (χ0) is 26.7. The second-order valence-electron chi connectivity index (χ2n) is 8.01. The van der Waals surface area contributed by atoms with Gasteiger partial charge in [0.1, 0.15) is 18.4 Å². The number of carbonyl (C=O) groups is 2. The first-order valence-corrected chi connectivity index (χ1v) is 13.0. The third kappa shape index (κ3) is 8.01. The van der Waals surface area contributed by atoms with E-state index in [9.17, 15) is 18.0 Å². The summed E-state index contributed by atoms with van der Waals surface area (Å²) in [7, 11) is -4.05. The van der Waals surface area contributed by atoms with Crippen LogP contribution in [0.5, 0.6) is 5.75 Å². The molecule has 10 nitrogen and oxygen atoms in total. The van der Waals surface area contributed by atoms with Crippen molar-refractivity contribution in [3.63, 3.8) is 0 Å². The lowest BCUT2D eigenvalue weighted by Crippen LogP contribution is -2.45. The minimum Gasteiger partial charge on any atom is -0.481 e. The predicted octanol–water partition coefficient (Wildman–Crippen LogP) is 2.39. The molecule has 11 heteroatoms. The van der Waals surface area contributed by atoms with Gasteiger partial charge in [-0.2, -0.15) is 4.72 Å². The smallest absolute Gasteiger partial charge is 0.261 e. The van der Waals surface area contributed by atoms with Gasteiger partial charge in [0.2, 0.25) is 10.0 Å². The van der Waals surface area contributed by atoms with Crippen LogP contribution in [0, 0.1) is 11.8 Å². The molecule has 0 saturated carbocycles. The Labute approximate surface area is 215 Å². The van der Waals surface area contributed by atoms with Gasteiger partial charge in [0.05, 0.1) is 16.0 Å². The van der Waals surface area contributed by atoms with Crippen LogP contribution in [-0.4, -0.2) is 49.6 Å². The highest BCUT2D eigenvalue weighted by molar-refractivity contribution is 7.89. The van der Waals surface area contributed by atoms with E-state index < -0.39 is 22.0 Å². The van der Waals surface area contributed by atoms with Gasteiger partial charge >= 0.3 is 0 Å². The molecule has 2 aromatic carbocycles. The minimum atomic E-state index is -4.05. The van der Waals surface area contributed by atoms with Crippen molar-refractivity contribution in [2.45, 2.75) is 37.1 Å². The zero-order valence-electron chi connectivity index (χ0n) is 20.2. The third-order valence-electron chi connectivity index (χ3n) is 5.40. The number of carbonyl (C=O) groups excluding carboxylic acids is 2. The maximum Gasteiger partial charge on any atom is 0.261 e. The molecule has 1 atom stereocenters. The lowest BCUT2D eigenvalue weighted by molar-refractivity contribution is -0.131. The van der Waals surface area contributed by atoms with Gasteiger partial charge in [-0.1, -0.05) is 24.1 Å². The molecule has 1 aromatic heterocycles. The van der Waals surface area contributed by atoms with Gasteiger partial charge in [-0.25, -0.2) is 13.9 Å². The van der Waals surface area contributed by atoms with Gasteiger partial charge in [-0.3, -0.25) is 19.8 Å². The number of para-hydroxylation sites is 1. The molecule has 0 fully saturated rings. The van der Waals surface area contributed by atoms with Gasteiger partial charge in [-0.15, -0.1) is 5.92 Å². The summed E-state index contributed by atoms with van der Waals surface area (Å²) in [6, 6.07) is 13.7. The van der Waals surface area contributed by atoms with Crippen molar-refractivity contribution in [1.82, 2.24) is 20.5 Å². The van der Waals surface area contributed by atoms with Crippen molar-refractivity contribution in [2.75, 3.05) is 13.2 Å². The van der Waals surface area contributed by atoms with Crippen LogP contribution in [-0.2, 0) is 14.8 Å². The van der Waals surface area contributed by atoms with Gasteiger partial charge in [0, 0.05) is 18.1 Å². The average Bonchev–Trinajstić information content (AvgIpc) is 2.91. The summed E-state index contributed by atoms with van der Waals surface area (Å²) >= 11 is 0. The van der Waals surface area contributed by atoms with E-state index in [1.165, 1.54) is 35.9 Å². The Balaban J connectivity index is 1.51. The molecule has 0 aliphatic rings. The molecule has 0 spiro atoms. The second kappa shape index (κ2) is 13.4. The van der Waals surface area contributed by atoms with Gasteiger partial charge in [0.15, 0.2) is 0 Å². The van der Waals surface area contributed by atoms with Gasteiger partial charge in [0.25, 0.3) is 11.8 Å². The van der Waals surface area contributed by atoms with E-state index in [1.54, 1.807) is 13.0 Å². The van der Waals surface area contributed by atoms with E-state index in [1.807, 2.05) is 24.3 Å². The molecule has 0 saturated heterocycles. The Kier molecular flexibility index (Phi) is 9.97. The third-order valence-corrected chi connectivity index (χ3v) is 6.89. The standard InChI is InChI=1S/C26H28N4O6S/c1-2-3-16-36-21-11-13-22(14-12-21)37(34,35)30-24(26(32)29-33)10-6-7-15-27-25(31)20-17-19-8-4-5-9-23(19)28-18-20/h4-5,8-9,11-14,17-18,24,30,33H,6-7,10,15-16H2,1H3,(H,27,31)(H,29,32). The molecule has 2 amide bonds. The number of benzene rings is 2. The highest BCUT2D eigenvalue weighted by Crippen LogP contribution is 2.17. The summed E-state index contributed by atoms with van der Waals surface area (Å²) in [5, 5.41) is 12.7. The van der Waals surface area contributed by atoms with E-state index in [0.717, 1.165) is 10.9 Å². The summed E-state index contributed by atoms with van der Waals surface area (Å²) in [6.45, 7) is 2.18. The fraction of sp³-hybridized carbons (Fsp3) is 0.269. The van der Waals surface area contributed by atoms with Crippen LogP contribution in [0.4, 0.5) is 0 Å². The molecule has 1 unspecified atom stereocenters. The van der Waals surface area contributed by atoms with Crippen LogP contribution < -0.4 is 20.3 Å². The number of hydroxylamine groups is 1. The Morgan fingerprint density at radius 1 is 1.11 bits per heavy atom. The molecular formula is C26H28N4O6S. The maximum atomic E-state index is 12.8. The first kappa shape index (κ1) is 27.6. The van der Waals surface area contributed by atoms with Crippen molar-refractivity contribution >= 4 is 32.7 Å². The molecule has 0 aliphatic carbocycles. The van der Waals surface area contributed by atoms with E-state index >= 15 is 0 Å². The van der Waals surface area contributed by atoms with Gasteiger partial charge < -0.3 is 10.1 Å². The molecule has 3 aromatic rings. The lowest BCUT2D eigenvalue weighted by Gasteiger charge is -2.17. The number of hydrogen-bond acceptors (Lipinski definition) is 7. The van der Waals surface area contributed by atoms with E-state index in [2.05, 4.69) is 26.9 Å². The van der Waals surface area contributed by atoms with Crippen LogP contribution >= 0.6 is 0 Å². The number of fused-ring (bicyclic) bond motifs is 1. The zero-order valence-corrected chi connectivity index (χ0v) is 21.0. The molecule has 37 heavy (non-hydrogen) atoms. The predicted molar refractivity (Wildman–Crippen MR) is 137 cm³/mol. The average molecular weight is 525 g/mol. The molecule has 0 aliphatic heterocycles. The molecule has 4 N–H and O–H groups in total. The monoisotopic (exact) mass is 524 g/mol. The fourth-order valence-electron chi connectivity index (χ4n) is 3.46. The van der Waals surface area contributed by atoms with Crippen molar-refractivity contribution in [3.8, 4) is 17.6 Å². The first-order valence-electron chi connectivity index (χ1n) is 11.6. The summed E-state index contributed by atoms with van der Waals surface area (Å²) in [5.74, 6) is 4.72. The van der Waals surface area contributed by atoms with Crippen molar-refractivity contribution in [1.29, 1.82) is 0 Å². The van der Waals surface area contributed by atoms with Gasteiger partial charge in [-0.05, 0) is 62.6 Å². The summed E-state index contributed by atoms with van der Waals surface area (Å²) < 4.78 is 33.2. The number of pyridine rings is 1. The number of ether oxygens (including phenoxy) is 1. The largest absolute Gasteiger partial charge is 0.481 e. The number of rotatable bonds is 12. The second-order valence-corrected chi connectivity index (χ2v) is 9.72. The molecule has 1 heterocycles. The van der Waals surface area contributed by atoms with Crippen LogP contribution in [0.2, 0.25) is 0 Å². The van der Waals surface area contributed by atoms with Crippen molar-refractivity contribution < 1.29 is 28.0 Å².